The van der Waals surface area contributed by atoms with Crippen molar-refractivity contribution in [2.24, 2.45) is 11.3 Å². The molecule has 6 nitrogen and oxygen atoms in total. The second-order valence-electron chi connectivity index (χ2n) is 5.85. The predicted octanol–water partition coefficient (Wildman–Crippen LogP) is 1.72. The van der Waals surface area contributed by atoms with Crippen molar-refractivity contribution in [2.45, 2.75) is 27.2 Å². The Morgan fingerprint density at radius 1 is 1.27 bits per heavy atom. The number of aldehydes is 1. The fourth-order valence-corrected chi connectivity index (χ4v) is 2.40. The van der Waals surface area contributed by atoms with E-state index in [0.717, 1.165) is 4.90 Å². The van der Waals surface area contributed by atoms with E-state index in [1.807, 2.05) is 0 Å². The van der Waals surface area contributed by atoms with Crippen molar-refractivity contribution in [3.05, 3.63) is 24.3 Å². The molecule has 0 bridgehead atoms. The van der Waals surface area contributed by atoms with Gasteiger partial charge in [0.1, 0.15) is 12.0 Å². The summed E-state index contributed by atoms with van der Waals surface area (Å²) in [6, 6.07) is 6.08. The third kappa shape index (κ3) is 2.90. The van der Waals surface area contributed by atoms with Gasteiger partial charge in [0.2, 0.25) is 11.8 Å². The van der Waals surface area contributed by atoms with Gasteiger partial charge in [-0.3, -0.25) is 19.3 Å². The van der Waals surface area contributed by atoms with E-state index in [4.69, 9.17) is 4.74 Å². The molecule has 0 N–H and O–H groups in total. The summed E-state index contributed by atoms with van der Waals surface area (Å²) in [6.07, 6.45) is 0.715. The van der Waals surface area contributed by atoms with Gasteiger partial charge in [-0.1, -0.05) is 13.8 Å². The predicted molar refractivity (Wildman–Crippen MR) is 78.2 cm³/mol. The quantitative estimate of drug-likeness (QED) is 0.366. The lowest BCUT2D eigenvalue weighted by atomic mass is 9.79. The number of hydrogen-bond acceptors (Lipinski definition) is 5. The first-order valence-corrected chi connectivity index (χ1v) is 6.88. The van der Waals surface area contributed by atoms with Gasteiger partial charge in [0.25, 0.3) is 0 Å². The highest BCUT2D eigenvalue weighted by Gasteiger charge is 2.47. The van der Waals surface area contributed by atoms with Crippen LogP contribution >= 0.6 is 0 Å². The maximum absolute atomic E-state index is 12.4. The molecule has 116 valence electrons. The Labute approximate surface area is 128 Å². The molecule has 0 spiro atoms. The van der Waals surface area contributed by atoms with Crippen molar-refractivity contribution >= 4 is 29.8 Å². The fraction of sp³-hybridized carbons (Fsp3) is 0.375. The highest BCUT2D eigenvalue weighted by atomic mass is 16.5. The van der Waals surface area contributed by atoms with Crippen LogP contribution in [-0.2, 0) is 19.2 Å². The molecule has 1 heterocycles. The van der Waals surface area contributed by atoms with Crippen LogP contribution in [0.2, 0.25) is 0 Å². The van der Waals surface area contributed by atoms with Crippen molar-refractivity contribution < 1.29 is 23.9 Å². The van der Waals surface area contributed by atoms with Crippen LogP contribution < -0.4 is 9.64 Å². The minimum absolute atomic E-state index is 0.0102. The van der Waals surface area contributed by atoms with Crippen molar-refractivity contribution in [1.82, 2.24) is 0 Å². The standard InChI is InChI=1S/C16H17NO5/c1-10(19)22-12-6-4-11(5-7-12)17-14(20)8-13(15(17)21)16(2,3)9-18/h4-7,9,13H,8H2,1-3H3/t13-/m0/s1. The topological polar surface area (TPSA) is 80.8 Å². The Balaban J connectivity index is 2.25. The average molecular weight is 303 g/mol. The molecule has 0 aliphatic carbocycles. The van der Waals surface area contributed by atoms with Gasteiger partial charge in [-0.05, 0) is 24.3 Å². The van der Waals surface area contributed by atoms with Gasteiger partial charge in [0.05, 0.1) is 11.6 Å². The Morgan fingerprint density at radius 3 is 2.36 bits per heavy atom. The van der Waals surface area contributed by atoms with E-state index < -0.39 is 17.3 Å². The van der Waals surface area contributed by atoms with E-state index in [1.165, 1.54) is 31.2 Å². The molecule has 1 aliphatic heterocycles. The lowest BCUT2D eigenvalue weighted by Gasteiger charge is -2.23. The van der Waals surface area contributed by atoms with Crippen molar-refractivity contribution in [3.8, 4) is 5.75 Å². The number of hydrogen-bond donors (Lipinski definition) is 0. The summed E-state index contributed by atoms with van der Waals surface area (Å²) < 4.78 is 4.90. The SMILES string of the molecule is CC(=O)Oc1ccc(N2C(=O)C[C@H](C(C)(C)C=O)C2=O)cc1. The van der Waals surface area contributed by atoms with Crippen LogP contribution in [0.1, 0.15) is 27.2 Å². The van der Waals surface area contributed by atoms with Gasteiger partial charge in [-0.25, -0.2) is 0 Å². The maximum Gasteiger partial charge on any atom is 0.308 e. The maximum atomic E-state index is 12.4. The smallest absolute Gasteiger partial charge is 0.308 e. The zero-order valence-electron chi connectivity index (χ0n) is 12.7. The molecule has 0 radical (unpaired) electrons. The third-order valence-corrected chi connectivity index (χ3v) is 3.70. The van der Waals surface area contributed by atoms with Crippen LogP contribution in [0.5, 0.6) is 5.75 Å². The molecule has 22 heavy (non-hydrogen) atoms. The van der Waals surface area contributed by atoms with Gasteiger partial charge in [0, 0.05) is 18.8 Å². The monoisotopic (exact) mass is 303 g/mol. The molecule has 1 fully saturated rings. The van der Waals surface area contributed by atoms with Crippen molar-refractivity contribution in [2.75, 3.05) is 4.90 Å². The van der Waals surface area contributed by atoms with Crippen LogP contribution in [0, 0.1) is 11.3 Å². The summed E-state index contributed by atoms with van der Waals surface area (Å²) in [6.45, 7) is 4.57. The van der Waals surface area contributed by atoms with Gasteiger partial charge in [0.15, 0.2) is 0 Å². The van der Waals surface area contributed by atoms with Gasteiger partial charge in [-0.2, -0.15) is 0 Å². The third-order valence-electron chi connectivity index (χ3n) is 3.70. The lowest BCUT2D eigenvalue weighted by molar-refractivity contribution is -0.132. The summed E-state index contributed by atoms with van der Waals surface area (Å²) in [4.78, 5) is 47.6. The van der Waals surface area contributed by atoms with Gasteiger partial charge < -0.3 is 9.53 Å². The van der Waals surface area contributed by atoms with E-state index in [2.05, 4.69) is 0 Å². The molecule has 1 aromatic rings. The molecule has 1 saturated heterocycles. The van der Waals surface area contributed by atoms with Crippen LogP contribution in [0.15, 0.2) is 24.3 Å². The summed E-state index contributed by atoms with van der Waals surface area (Å²) in [5, 5.41) is 0. The number of amides is 2. The van der Waals surface area contributed by atoms with E-state index in [9.17, 15) is 19.2 Å². The zero-order valence-corrected chi connectivity index (χ0v) is 12.7. The number of benzene rings is 1. The first-order chi connectivity index (χ1) is 10.3. The molecule has 6 heteroatoms. The number of ether oxygens (including phenoxy) is 1. The van der Waals surface area contributed by atoms with E-state index in [0.29, 0.717) is 17.7 Å². The molecule has 2 amide bonds. The highest BCUT2D eigenvalue weighted by Crippen LogP contribution is 2.37. The molecule has 1 atom stereocenters. The normalized spacial score (nSPS) is 18.5. The Morgan fingerprint density at radius 2 is 1.86 bits per heavy atom. The Kier molecular flexibility index (Phi) is 4.12. The van der Waals surface area contributed by atoms with Crippen LogP contribution in [-0.4, -0.2) is 24.1 Å². The molecule has 1 aliphatic rings. The summed E-state index contributed by atoms with van der Waals surface area (Å²) in [5.41, 5.74) is -0.491. The Bertz CT molecular complexity index is 632. The first kappa shape index (κ1) is 15.9. The minimum Gasteiger partial charge on any atom is -0.427 e. The number of anilines is 1. The molecular formula is C16H17NO5. The molecule has 0 saturated carbocycles. The molecule has 0 unspecified atom stereocenters. The Hall–Kier alpha value is -2.50. The van der Waals surface area contributed by atoms with E-state index >= 15 is 0 Å². The number of esters is 1. The lowest BCUT2D eigenvalue weighted by Crippen LogP contribution is -2.35. The number of rotatable bonds is 4. The van der Waals surface area contributed by atoms with E-state index in [-0.39, 0.29) is 18.2 Å². The van der Waals surface area contributed by atoms with Crippen LogP contribution in [0.25, 0.3) is 0 Å². The van der Waals surface area contributed by atoms with E-state index in [1.54, 1.807) is 13.8 Å². The number of imide groups is 1. The fourth-order valence-electron chi connectivity index (χ4n) is 2.40. The zero-order chi connectivity index (χ0) is 16.5. The largest absolute Gasteiger partial charge is 0.427 e. The van der Waals surface area contributed by atoms with Gasteiger partial charge >= 0.3 is 5.97 Å². The van der Waals surface area contributed by atoms with Gasteiger partial charge in [-0.15, -0.1) is 0 Å². The summed E-state index contributed by atoms with van der Waals surface area (Å²) in [5.74, 6) is -1.51. The second-order valence-corrected chi connectivity index (χ2v) is 5.85. The molecule has 1 aromatic carbocycles. The van der Waals surface area contributed by atoms with Crippen LogP contribution in [0.3, 0.4) is 0 Å². The first-order valence-electron chi connectivity index (χ1n) is 6.88. The van der Waals surface area contributed by atoms with Crippen LogP contribution in [0.4, 0.5) is 5.69 Å². The average Bonchev–Trinajstić information content (AvgIpc) is 2.75. The highest BCUT2D eigenvalue weighted by molar-refractivity contribution is 6.21. The minimum atomic E-state index is -0.890. The molecular weight excluding hydrogens is 286 g/mol. The number of carbonyl (C=O) groups excluding carboxylic acids is 4. The van der Waals surface area contributed by atoms with Crippen molar-refractivity contribution in [3.63, 3.8) is 0 Å². The van der Waals surface area contributed by atoms with Crippen molar-refractivity contribution in [1.29, 1.82) is 0 Å². The number of nitrogens with zero attached hydrogens (tertiary/aromatic N) is 1. The summed E-state index contributed by atoms with van der Waals surface area (Å²) in [7, 11) is 0. The molecule has 2 rings (SSSR count). The number of carbonyl (C=O) groups is 4. The summed E-state index contributed by atoms with van der Waals surface area (Å²) >= 11 is 0. The second kappa shape index (κ2) is 5.71. The molecule has 0 aromatic heterocycles.